The molecule has 0 saturated carbocycles. The van der Waals surface area contributed by atoms with E-state index in [-0.39, 0.29) is 18.5 Å². The number of carbonyl (C=O) groups is 2. The summed E-state index contributed by atoms with van der Waals surface area (Å²) in [6.07, 6.45) is 3.51. The third kappa shape index (κ3) is 4.23. The van der Waals surface area contributed by atoms with Gasteiger partial charge in [0, 0.05) is 12.2 Å². The number of hydrogen-bond donors (Lipinski definition) is 0. The van der Waals surface area contributed by atoms with E-state index in [9.17, 15) is 9.59 Å². The van der Waals surface area contributed by atoms with Gasteiger partial charge in [0.05, 0.1) is 12.2 Å². The Morgan fingerprint density at radius 1 is 1.45 bits per heavy atom. The van der Waals surface area contributed by atoms with Crippen molar-refractivity contribution in [3.8, 4) is 0 Å². The van der Waals surface area contributed by atoms with Gasteiger partial charge in [-0.25, -0.2) is 4.98 Å². The number of aromatic nitrogens is 1. The maximum atomic E-state index is 12.6. The predicted octanol–water partition coefficient (Wildman–Crippen LogP) is 2.22. The first-order valence-electron chi connectivity index (χ1n) is 6.46. The summed E-state index contributed by atoms with van der Waals surface area (Å²) in [5.74, 6) is -0.602. The molecular formula is C14H20N2O3S. The van der Waals surface area contributed by atoms with Crippen molar-refractivity contribution in [3.63, 3.8) is 0 Å². The summed E-state index contributed by atoms with van der Waals surface area (Å²) < 4.78 is 4.91. The molecule has 1 amide bonds. The lowest BCUT2D eigenvalue weighted by Gasteiger charge is -2.26. The number of thioether (sulfide) groups is 1. The summed E-state index contributed by atoms with van der Waals surface area (Å²) in [6, 6.07) is 3.35. The molecule has 20 heavy (non-hydrogen) atoms. The normalized spacial score (nSPS) is 10.4. The fourth-order valence-corrected chi connectivity index (χ4v) is 2.25. The Balaban J connectivity index is 2.97. The first-order chi connectivity index (χ1) is 9.51. The van der Waals surface area contributed by atoms with Crippen LogP contribution in [0.5, 0.6) is 0 Å². The molecule has 110 valence electrons. The number of rotatable bonds is 6. The van der Waals surface area contributed by atoms with Crippen LogP contribution in [0.2, 0.25) is 0 Å². The summed E-state index contributed by atoms with van der Waals surface area (Å²) in [4.78, 5) is 29.9. The van der Waals surface area contributed by atoms with E-state index in [2.05, 4.69) is 4.98 Å². The highest BCUT2D eigenvalue weighted by Gasteiger charge is 2.24. The average molecular weight is 296 g/mol. The van der Waals surface area contributed by atoms with Crippen molar-refractivity contribution in [3.05, 3.63) is 23.9 Å². The number of hydrogen-bond acceptors (Lipinski definition) is 5. The van der Waals surface area contributed by atoms with Crippen molar-refractivity contribution >= 4 is 23.6 Å². The van der Waals surface area contributed by atoms with Crippen LogP contribution < -0.4 is 0 Å². The molecule has 1 heterocycles. The van der Waals surface area contributed by atoms with E-state index < -0.39 is 5.97 Å². The second kappa shape index (κ2) is 7.89. The highest BCUT2D eigenvalue weighted by atomic mass is 32.2. The molecule has 0 bridgehead atoms. The number of pyridine rings is 1. The van der Waals surface area contributed by atoms with Gasteiger partial charge in [0.1, 0.15) is 11.6 Å². The van der Waals surface area contributed by atoms with Gasteiger partial charge in [-0.1, -0.05) is 0 Å². The minimum Gasteiger partial charge on any atom is -0.465 e. The first-order valence-corrected chi connectivity index (χ1v) is 7.69. The molecule has 1 aromatic rings. The second-order valence-corrected chi connectivity index (χ2v) is 5.19. The highest BCUT2D eigenvalue weighted by Crippen LogP contribution is 2.19. The van der Waals surface area contributed by atoms with Gasteiger partial charge in [0.25, 0.3) is 5.91 Å². The summed E-state index contributed by atoms with van der Waals surface area (Å²) >= 11 is 1.41. The van der Waals surface area contributed by atoms with E-state index in [0.717, 1.165) is 0 Å². The Hall–Kier alpha value is -1.56. The maximum absolute atomic E-state index is 12.6. The molecule has 0 unspecified atom stereocenters. The van der Waals surface area contributed by atoms with Crippen LogP contribution in [-0.4, -0.2) is 47.2 Å². The second-order valence-electron chi connectivity index (χ2n) is 4.39. The molecule has 0 radical (unpaired) electrons. The van der Waals surface area contributed by atoms with Crippen LogP contribution in [0.4, 0.5) is 0 Å². The van der Waals surface area contributed by atoms with Gasteiger partial charge in [0.15, 0.2) is 0 Å². The fraction of sp³-hybridized carbons (Fsp3) is 0.500. The van der Waals surface area contributed by atoms with Crippen LogP contribution in [-0.2, 0) is 9.53 Å². The molecule has 0 atom stereocenters. The Kier molecular flexibility index (Phi) is 6.51. The van der Waals surface area contributed by atoms with E-state index in [1.165, 1.54) is 16.7 Å². The smallest absolute Gasteiger partial charge is 0.325 e. The Morgan fingerprint density at radius 3 is 2.70 bits per heavy atom. The Labute approximate surface area is 123 Å². The van der Waals surface area contributed by atoms with Crippen molar-refractivity contribution in [1.82, 2.24) is 9.88 Å². The molecular weight excluding hydrogens is 276 g/mol. The standard InChI is InChI=1S/C14H20N2O3S/c1-5-19-12(17)9-16(10(2)3)14(18)11-7-6-8-15-13(11)20-4/h6-8,10H,5,9H2,1-4H3. The SMILES string of the molecule is CCOC(=O)CN(C(=O)c1cccnc1SC)C(C)C. The molecule has 0 aliphatic rings. The average Bonchev–Trinajstić information content (AvgIpc) is 2.44. The summed E-state index contributed by atoms with van der Waals surface area (Å²) in [5, 5.41) is 0.659. The number of esters is 1. The first kappa shape index (κ1) is 16.5. The molecule has 0 aliphatic carbocycles. The fourth-order valence-electron chi connectivity index (χ4n) is 1.71. The third-order valence-electron chi connectivity index (χ3n) is 2.68. The van der Waals surface area contributed by atoms with Crippen molar-refractivity contribution in [2.75, 3.05) is 19.4 Å². The number of carbonyl (C=O) groups excluding carboxylic acids is 2. The van der Waals surface area contributed by atoms with Crippen LogP contribution >= 0.6 is 11.8 Å². The van der Waals surface area contributed by atoms with E-state index >= 15 is 0 Å². The van der Waals surface area contributed by atoms with Gasteiger partial charge in [-0.3, -0.25) is 9.59 Å². The lowest BCUT2D eigenvalue weighted by molar-refractivity contribution is -0.144. The zero-order valence-corrected chi connectivity index (χ0v) is 13.1. The lowest BCUT2D eigenvalue weighted by Crippen LogP contribution is -2.41. The molecule has 5 nitrogen and oxygen atoms in total. The molecule has 1 aromatic heterocycles. The number of nitrogens with zero attached hydrogens (tertiary/aromatic N) is 2. The number of ether oxygens (including phenoxy) is 1. The van der Waals surface area contributed by atoms with E-state index in [0.29, 0.717) is 17.2 Å². The van der Waals surface area contributed by atoms with Crippen LogP contribution in [0.25, 0.3) is 0 Å². The molecule has 1 rings (SSSR count). The van der Waals surface area contributed by atoms with Crippen molar-refractivity contribution in [2.45, 2.75) is 31.8 Å². The van der Waals surface area contributed by atoms with E-state index in [4.69, 9.17) is 4.74 Å². The van der Waals surface area contributed by atoms with Gasteiger partial charge in [-0.05, 0) is 39.2 Å². The molecule has 6 heteroatoms. The molecule has 0 aromatic carbocycles. The maximum Gasteiger partial charge on any atom is 0.325 e. The number of amides is 1. The topological polar surface area (TPSA) is 59.5 Å². The third-order valence-corrected chi connectivity index (χ3v) is 3.40. The molecule has 0 aliphatic heterocycles. The van der Waals surface area contributed by atoms with Crippen molar-refractivity contribution in [2.24, 2.45) is 0 Å². The van der Waals surface area contributed by atoms with Gasteiger partial charge in [-0.2, -0.15) is 0 Å². The quantitative estimate of drug-likeness (QED) is 0.595. The van der Waals surface area contributed by atoms with Crippen LogP contribution in [0.1, 0.15) is 31.1 Å². The molecule has 0 saturated heterocycles. The summed E-state index contributed by atoms with van der Waals surface area (Å²) in [6.45, 7) is 5.74. The molecule has 0 N–H and O–H groups in total. The van der Waals surface area contributed by atoms with Crippen molar-refractivity contribution in [1.29, 1.82) is 0 Å². The summed E-state index contributed by atoms with van der Waals surface area (Å²) in [5.41, 5.74) is 0.512. The molecule has 0 spiro atoms. The molecule has 0 fully saturated rings. The van der Waals surface area contributed by atoms with E-state index in [1.807, 2.05) is 20.1 Å². The van der Waals surface area contributed by atoms with Crippen LogP contribution in [0.3, 0.4) is 0 Å². The van der Waals surface area contributed by atoms with E-state index in [1.54, 1.807) is 25.3 Å². The van der Waals surface area contributed by atoms with Gasteiger partial charge in [-0.15, -0.1) is 11.8 Å². The zero-order valence-electron chi connectivity index (χ0n) is 12.3. The van der Waals surface area contributed by atoms with Crippen LogP contribution in [0, 0.1) is 0 Å². The highest BCUT2D eigenvalue weighted by molar-refractivity contribution is 7.98. The Bertz CT molecular complexity index is 477. The van der Waals surface area contributed by atoms with Gasteiger partial charge >= 0.3 is 5.97 Å². The van der Waals surface area contributed by atoms with Crippen molar-refractivity contribution < 1.29 is 14.3 Å². The van der Waals surface area contributed by atoms with Gasteiger partial charge < -0.3 is 9.64 Å². The largest absolute Gasteiger partial charge is 0.465 e. The lowest BCUT2D eigenvalue weighted by atomic mass is 10.2. The summed E-state index contributed by atoms with van der Waals surface area (Å²) in [7, 11) is 0. The Morgan fingerprint density at radius 2 is 2.15 bits per heavy atom. The predicted molar refractivity (Wildman–Crippen MR) is 78.8 cm³/mol. The minimum absolute atomic E-state index is 0.0486. The monoisotopic (exact) mass is 296 g/mol. The van der Waals surface area contributed by atoms with Gasteiger partial charge in [0.2, 0.25) is 0 Å². The zero-order chi connectivity index (χ0) is 15.1. The van der Waals surface area contributed by atoms with Crippen LogP contribution in [0.15, 0.2) is 23.4 Å². The minimum atomic E-state index is -0.399.